The van der Waals surface area contributed by atoms with Crippen molar-refractivity contribution in [2.24, 2.45) is 52.3 Å². The highest BCUT2D eigenvalue weighted by atomic mass is 32.2. The van der Waals surface area contributed by atoms with Gasteiger partial charge in [-0.25, -0.2) is 4.79 Å². The summed E-state index contributed by atoms with van der Waals surface area (Å²) in [6.45, 7) is 9.06. The normalized spacial score (nSPS) is 43.3. The minimum absolute atomic E-state index is 0.0239. The number of aliphatic hydroxyl groups is 3. The molecule has 5 fully saturated rings. The van der Waals surface area contributed by atoms with Crippen LogP contribution in [0.25, 0.3) is 0 Å². The minimum atomic E-state index is -4.20. The van der Waals surface area contributed by atoms with Gasteiger partial charge in [-0.1, -0.05) is 64.4 Å². The Morgan fingerprint density at radius 1 is 1.00 bits per heavy atom. The van der Waals surface area contributed by atoms with Crippen LogP contribution in [-0.4, -0.2) is 70.0 Å². The van der Waals surface area contributed by atoms with E-state index in [9.17, 15) is 28.5 Å². The third-order valence-electron chi connectivity index (χ3n) is 13.6. The second-order valence-electron chi connectivity index (χ2n) is 15.6. The smallest absolute Gasteiger partial charge is 0.424 e. The highest BCUT2D eigenvalue weighted by Crippen LogP contribution is 2.69. The van der Waals surface area contributed by atoms with E-state index < -0.39 is 22.5 Å². The van der Waals surface area contributed by atoms with Gasteiger partial charge in [0.15, 0.2) is 0 Å². The predicted molar refractivity (Wildman–Crippen MR) is 171 cm³/mol. The molecular formula is C35H54N2O7S. The lowest BCUT2D eigenvalue weighted by Gasteiger charge is -2.64. The molecule has 1 aromatic rings. The summed E-state index contributed by atoms with van der Waals surface area (Å²) in [5.74, 6) is 2.54. The highest BCUT2D eigenvalue weighted by Gasteiger charge is 2.65. The molecule has 5 aliphatic rings. The topological polar surface area (TPSA) is 128 Å². The summed E-state index contributed by atoms with van der Waals surface area (Å²) < 4.78 is 33.4. The Kier molecular flexibility index (Phi) is 9.13. The number of hydrogen-bond donors (Lipinski definition) is 3. The largest absolute Gasteiger partial charge is 0.449 e. The molecule has 4 aliphatic carbocycles. The van der Waals surface area contributed by atoms with Gasteiger partial charge in [-0.3, -0.25) is 0 Å². The van der Waals surface area contributed by atoms with Crippen molar-refractivity contribution in [3.63, 3.8) is 0 Å². The lowest BCUT2D eigenvalue weighted by Crippen LogP contribution is -2.62. The Balaban J connectivity index is 1.08. The van der Waals surface area contributed by atoms with Crippen LogP contribution in [0.3, 0.4) is 0 Å². The first-order chi connectivity index (χ1) is 21.3. The van der Waals surface area contributed by atoms with Gasteiger partial charge in [-0.2, -0.15) is 17.0 Å². The van der Waals surface area contributed by atoms with Gasteiger partial charge in [0.05, 0.1) is 25.4 Å². The number of carbonyl (C=O) groups excluding carboxylic acids is 1. The molecule has 1 aliphatic heterocycles. The van der Waals surface area contributed by atoms with Gasteiger partial charge in [-0.05, 0) is 109 Å². The maximum Gasteiger partial charge on any atom is 0.424 e. The van der Waals surface area contributed by atoms with Crippen LogP contribution < -0.4 is 0 Å². The van der Waals surface area contributed by atoms with E-state index in [0.29, 0.717) is 34.4 Å². The highest BCUT2D eigenvalue weighted by molar-refractivity contribution is 7.87. The zero-order chi connectivity index (χ0) is 32.3. The molecule has 1 unspecified atom stereocenters. The van der Waals surface area contributed by atoms with E-state index in [1.54, 1.807) is 24.3 Å². The van der Waals surface area contributed by atoms with E-state index in [1.807, 2.05) is 6.07 Å². The number of fused-ring (bicyclic) bond motifs is 5. The van der Waals surface area contributed by atoms with E-state index in [-0.39, 0.29) is 60.5 Å². The number of aliphatic hydroxyl groups excluding tert-OH is 3. The number of hydrogen-bond acceptors (Lipinski definition) is 7. The van der Waals surface area contributed by atoms with E-state index in [0.717, 1.165) is 61.2 Å². The molecule has 252 valence electrons. The fourth-order valence-electron chi connectivity index (χ4n) is 11.3. The number of rotatable bonds is 7. The van der Waals surface area contributed by atoms with Crippen molar-refractivity contribution < 1.29 is 33.3 Å². The molecule has 6 rings (SSSR count). The number of β-amino-alcohol motifs (C(OH)–C–C–N with tert-alkyl or cyclic N) is 1. The van der Waals surface area contributed by atoms with E-state index in [4.69, 9.17) is 4.74 Å². The van der Waals surface area contributed by atoms with Crippen molar-refractivity contribution in [2.75, 3.05) is 13.2 Å². The molecule has 1 heterocycles. The monoisotopic (exact) mass is 646 g/mol. The zero-order valence-electron chi connectivity index (χ0n) is 27.4. The maximum absolute atomic E-state index is 13.1. The van der Waals surface area contributed by atoms with Crippen LogP contribution in [0.1, 0.15) is 91.0 Å². The number of amides is 1. The van der Waals surface area contributed by atoms with Gasteiger partial charge in [0.25, 0.3) is 0 Å². The molecule has 0 spiro atoms. The number of ether oxygens (including phenoxy) is 1. The summed E-state index contributed by atoms with van der Waals surface area (Å²) >= 11 is 0. The third-order valence-corrected chi connectivity index (χ3v) is 15.4. The Labute approximate surface area is 269 Å². The average Bonchev–Trinajstić information content (AvgIpc) is 3.47. The van der Waals surface area contributed by atoms with Crippen LogP contribution in [0.5, 0.6) is 0 Å². The molecule has 4 saturated carbocycles. The van der Waals surface area contributed by atoms with Crippen LogP contribution >= 0.6 is 0 Å². The van der Waals surface area contributed by atoms with Crippen LogP contribution in [-0.2, 0) is 21.5 Å². The summed E-state index contributed by atoms with van der Waals surface area (Å²) in [6.07, 6.45) is 5.89. The Morgan fingerprint density at radius 2 is 1.69 bits per heavy atom. The van der Waals surface area contributed by atoms with Crippen molar-refractivity contribution in [3.8, 4) is 0 Å². The first kappa shape index (κ1) is 33.2. The van der Waals surface area contributed by atoms with Gasteiger partial charge in [0.1, 0.15) is 6.23 Å². The van der Waals surface area contributed by atoms with Crippen molar-refractivity contribution in [3.05, 3.63) is 35.9 Å². The molecule has 1 saturated heterocycles. The SMILES string of the molecule is CC[C@H]1[C@@H](O)[C@@H]2[C@H](CC[C@]3(C)[C@@H]([C@H](C)CCOC(=O)N4CC(O)N(Cc5ccccc5)S4(=O)=O)CC[C@@H]23)[C@@]2(C)CC[C@@H](O)C[C@@H]12. The fourth-order valence-corrected chi connectivity index (χ4v) is 12.8. The molecule has 1 amide bonds. The van der Waals surface area contributed by atoms with Crippen molar-refractivity contribution >= 4 is 16.3 Å². The Hall–Kier alpha value is -1.72. The zero-order valence-corrected chi connectivity index (χ0v) is 28.2. The standard InChI is InChI=1S/C35H54N2O7S/c1-5-25-29-19-24(38)13-16-35(29,4)28-14-17-34(3)26(11-12-27(34)31(28)32(25)40)22(2)15-18-44-33(41)37-21-30(39)36(45(37,42)43)20-23-9-7-6-8-10-23/h6-10,22,24-32,38-40H,5,11-21H2,1-4H3/t22-,24-,25-,26-,27+,28+,29+,30?,31+,32-,34-,35-/m1/s1. The number of carbonyl (C=O) groups is 1. The van der Waals surface area contributed by atoms with Crippen LogP contribution in [0.4, 0.5) is 4.79 Å². The van der Waals surface area contributed by atoms with Gasteiger partial charge in [0.2, 0.25) is 0 Å². The van der Waals surface area contributed by atoms with Crippen molar-refractivity contribution in [1.29, 1.82) is 0 Å². The first-order valence-corrected chi connectivity index (χ1v) is 18.8. The van der Waals surface area contributed by atoms with Gasteiger partial charge >= 0.3 is 16.3 Å². The fraction of sp³-hybridized carbons (Fsp3) is 0.800. The van der Waals surface area contributed by atoms with Crippen LogP contribution in [0, 0.1) is 52.3 Å². The second-order valence-corrected chi connectivity index (χ2v) is 17.4. The van der Waals surface area contributed by atoms with Gasteiger partial charge < -0.3 is 20.1 Å². The molecular weight excluding hydrogens is 592 g/mol. The summed E-state index contributed by atoms with van der Waals surface area (Å²) in [5, 5.41) is 33.0. The third kappa shape index (κ3) is 5.54. The second kappa shape index (κ2) is 12.4. The Morgan fingerprint density at radius 3 is 2.40 bits per heavy atom. The summed E-state index contributed by atoms with van der Waals surface area (Å²) in [7, 11) is -4.20. The molecule has 0 radical (unpaired) electrons. The first-order valence-electron chi connectivity index (χ1n) is 17.4. The van der Waals surface area contributed by atoms with E-state index >= 15 is 0 Å². The molecule has 1 aromatic carbocycles. The maximum atomic E-state index is 13.1. The van der Waals surface area contributed by atoms with Gasteiger partial charge in [0, 0.05) is 6.54 Å². The van der Waals surface area contributed by atoms with E-state index in [1.165, 1.54) is 0 Å². The van der Waals surface area contributed by atoms with Crippen molar-refractivity contribution in [1.82, 2.24) is 8.61 Å². The minimum Gasteiger partial charge on any atom is -0.449 e. The number of nitrogens with zero attached hydrogens (tertiary/aromatic N) is 2. The molecule has 10 heteroatoms. The molecule has 0 aromatic heterocycles. The summed E-state index contributed by atoms with van der Waals surface area (Å²) in [4.78, 5) is 13.0. The van der Waals surface area contributed by atoms with Crippen LogP contribution in [0.15, 0.2) is 30.3 Å². The molecule has 9 nitrogen and oxygen atoms in total. The van der Waals surface area contributed by atoms with Gasteiger partial charge in [-0.15, -0.1) is 0 Å². The molecule has 45 heavy (non-hydrogen) atoms. The average molecular weight is 647 g/mol. The van der Waals surface area contributed by atoms with Crippen molar-refractivity contribution in [2.45, 2.75) is 110 Å². The molecule has 12 atom stereocenters. The summed E-state index contributed by atoms with van der Waals surface area (Å²) in [6, 6.07) is 8.99. The summed E-state index contributed by atoms with van der Waals surface area (Å²) in [5.41, 5.74) is 0.990. The lowest BCUT2D eigenvalue weighted by molar-refractivity contribution is -0.203. The molecule has 0 bridgehead atoms. The Bertz CT molecular complexity index is 1330. The van der Waals surface area contributed by atoms with Crippen LogP contribution in [0.2, 0.25) is 0 Å². The molecule has 3 N–H and O–H groups in total. The number of benzene rings is 1. The van der Waals surface area contributed by atoms with E-state index in [2.05, 4.69) is 27.7 Å². The quantitative estimate of drug-likeness (QED) is 0.374. The lowest BCUT2D eigenvalue weighted by atomic mass is 9.41. The predicted octanol–water partition coefficient (Wildman–Crippen LogP) is 5.16.